The lowest BCUT2D eigenvalue weighted by molar-refractivity contribution is -0.150. The molecule has 0 aliphatic heterocycles. The SMILES string of the molecule is CCCCC(CC)CNC(=O)CC(O)(CC(=O)NCC(CC)CC(C)CC)C(=O)NCC(CC)CCCC. The number of nitrogens with one attached hydrogen (secondary N) is 3. The number of hydrogen-bond acceptors (Lipinski definition) is 4. The third-order valence-corrected chi connectivity index (χ3v) is 8.15. The molecule has 0 aromatic carbocycles. The second-order valence-electron chi connectivity index (χ2n) is 11.6. The predicted octanol–water partition coefficient (Wildman–Crippen LogP) is 5.74. The van der Waals surface area contributed by atoms with E-state index in [0.717, 1.165) is 70.6 Å². The van der Waals surface area contributed by atoms with Crippen LogP contribution in [0.4, 0.5) is 0 Å². The minimum absolute atomic E-state index is 0.306. The van der Waals surface area contributed by atoms with Crippen LogP contribution in [0, 0.1) is 23.7 Å². The maximum absolute atomic E-state index is 13.2. The zero-order chi connectivity index (χ0) is 29.0. The quantitative estimate of drug-likeness (QED) is 0.133. The van der Waals surface area contributed by atoms with E-state index in [4.69, 9.17) is 0 Å². The van der Waals surface area contributed by atoms with Gasteiger partial charge in [0, 0.05) is 19.6 Å². The van der Waals surface area contributed by atoms with Crippen molar-refractivity contribution in [3.63, 3.8) is 0 Å². The van der Waals surface area contributed by atoms with Crippen LogP contribution in [0.5, 0.6) is 0 Å². The highest BCUT2D eigenvalue weighted by Gasteiger charge is 2.40. The van der Waals surface area contributed by atoms with Crippen molar-refractivity contribution in [1.29, 1.82) is 0 Å². The van der Waals surface area contributed by atoms with E-state index in [-0.39, 0.29) is 0 Å². The van der Waals surface area contributed by atoms with Gasteiger partial charge in [0.15, 0.2) is 5.60 Å². The Morgan fingerprint density at radius 3 is 1.47 bits per heavy atom. The molecule has 0 fully saturated rings. The van der Waals surface area contributed by atoms with Crippen LogP contribution in [0.2, 0.25) is 0 Å². The average Bonchev–Trinajstić information content (AvgIpc) is 2.90. The molecule has 0 aromatic heterocycles. The van der Waals surface area contributed by atoms with E-state index in [1.165, 1.54) is 0 Å². The van der Waals surface area contributed by atoms with Gasteiger partial charge in [-0.2, -0.15) is 0 Å². The van der Waals surface area contributed by atoms with Gasteiger partial charge in [-0.1, -0.05) is 99.8 Å². The first-order chi connectivity index (χ1) is 18.1. The summed E-state index contributed by atoms with van der Waals surface area (Å²) in [5, 5.41) is 20.1. The van der Waals surface area contributed by atoms with Crippen molar-refractivity contribution in [2.75, 3.05) is 19.6 Å². The second kappa shape index (κ2) is 21.2. The fraction of sp³-hybridized carbons (Fsp3) is 0.903. The Balaban J connectivity index is 5.34. The molecule has 7 nitrogen and oxygen atoms in total. The molecule has 0 aliphatic carbocycles. The van der Waals surface area contributed by atoms with Gasteiger partial charge >= 0.3 is 0 Å². The standard InChI is InChI=1S/C31H61N3O4/c1-8-14-16-25(11-4)21-32-28(35)19-31(38,30(37)34-22-26(12-5)17-15-9-2)20-29(36)33-23-27(13-6)18-24(7)10-3/h24-27,38H,8-23H2,1-7H3,(H,32,35)(H,33,36)(H,34,37). The van der Waals surface area contributed by atoms with Gasteiger partial charge in [0.1, 0.15) is 0 Å². The minimum Gasteiger partial charge on any atom is -0.379 e. The number of hydrogen-bond donors (Lipinski definition) is 4. The van der Waals surface area contributed by atoms with Crippen LogP contribution in [0.15, 0.2) is 0 Å². The summed E-state index contributed by atoms with van der Waals surface area (Å²) in [4.78, 5) is 39.0. The van der Waals surface area contributed by atoms with Crippen molar-refractivity contribution in [3.8, 4) is 0 Å². The molecule has 4 N–H and O–H groups in total. The summed E-state index contributed by atoms with van der Waals surface area (Å²) in [6.07, 6.45) is 10.5. The van der Waals surface area contributed by atoms with E-state index in [2.05, 4.69) is 64.4 Å². The summed E-state index contributed by atoms with van der Waals surface area (Å²) < 4.78 is 0. The van der Waals surface area contributed by atoms with E-state index in [9.17, 15) is 19.5 Å². The first-order valence-corrected chi connectivity index (χ1v) is 15.6. The highest BCUT2D eigenvalue weighted by Crippen LogP contribution is 2.20. The molecule has 0 spiro atoms. The molecular weight excluding hydrogens is 478 g/mol. The highest BCUT2D eigenvalue weighted by molar-refractivity contribution is 5.95. The normalized spacial score (nSPS) is 16.1. The molecular formula is C31H61N3O4. The molecule has 224 valence electrons. The molecule has 3 amide bonds. The third-order valence-electron chi connectivity index (χ3n) is 8.15. The van der Waals surface area contributed by atoms with Crippen molar-refractivity contribution in [2.45, 2.75) is 138 Å². The van der Waals surface area contributed by atoms with Crippen LogP contribution in [0.3, 0.4) is 0 Å². The van der Waals surface area contributed by atoms with E-state index >= 15 is 0 Å². The summed E-state index contributed by atoms with van der Waals surface area (Å²) in [5.41, 5.74) is -2.08. The molecule has 0 rings (SSSR count). The Labute approximate surface area is 234 Å². The molecule has 0 saturated heterocycles. The molecule has 5 atom stereocenters. The predicted molar refractivity (Wildman–Crippen MR) is 158 cm³/mol. The number of unbranched alkanes of at least 4 members (excludes halogenated alkanes) is 2. The van der Waals surface area contributed by atoms with E-state index in [1.54, 1.807) is 0 Å². The van der Waals surface area contributed by atoms with Gasteiger partial charge in [0.2, 0.25) is 11.8 Å². The topological polar surface area (TPSA) is 108 Å². The van der Waals surface area contributed by atoms with Gasteiger partial charge in [-0.25, -0.2) is 0 Å². The first kappa shape index (κ1) is 36.4. The van der Waals surface area contributed by atoms with Crippen molar-refractivity contribution >= 4 is 17.7 Å². The molecule has 38 heavy (non-hydrogen) atoms. The first-order valence-electron chi connectivity index (χ1n) is 15.6. The van der Waals surface area contributed by atoms with Gasteiger partial charge in [-0.15, -0.1) is 0 Å². The van der Waals surface area contributed by atoms with Gasteiger partial charge in [0.25, 0.3) is 5.91 Å². The fourth-order valence-corrected chi connectivity index (χ4v) is 4.81. The van der Waals surface area contributed by atoms with Gasteiger partial charge in [0.05, 0.1) is 12.8 Å². The van der Waals surface area contributed by atoms with Crippen LogP contribution in [-0.2, 0) is 14.4 Å². The minimum atomic E-state index is -2.08. The lowest BCUT2D eigenvalue weighted by Gasteiger charge is -2.28. The van der Waals surface area contributed by atoms with Crippen LogP contribution in [0.25, 0.3) is 0 Å². The van der Waals surface area contributed by atoms with Gasteiger partial charge in [-0.05, 0) is 42.9 Å². The van der Waals surface area contributed by atoms with Crippen molar-refractivity contribution in [3.05, 3.63) is 0 Å². The summed E-state index contributed by atoms with van der Waals surface area (Å²) in [6.45, 7) is 16.4. The summed E-state index contributed by atoms with van der Waals surface area (Å²) >= 11 is 0. The Kier molecular flexibility index (Phi) is 20.3. The smallest absolute Gasteiger partial charge is 0.253 e. The lowest BCUT2D eigenvalue weighted by Crippen LogP contribution is -2.53. The fourth-order valence-electron chi connectivity index (χ4n) is 4.81. The van der Waals surface area contributed by atoms with Crippen molar-refractivity contribution in [2.24, 2.45) is 23.7 Å². The molecule has 0 aliphatic rings. The van der Waals surface area contributed by atoms with E-state index < -0.39 is 36.2 Å². The Morgan fingerprint density at radius 1 is 0.658 bits per heavy atom. The molecule has 7 heteroatoms. The van der Waals surface area contributed by atoms with Gasteiger partial charge in [-0.3, -0.25) is 14.4 Å². The van der Waals surface area contributed by atoms with Crippen LogP contribution < -0.4 is 16.0 Å². The molecule has 0 bridgehead atoms. The third kappa shape index (κ3) is 15.7. The zero-order valence-corrected chi connectivity index (χ0v) is 25.8. The molecule has 0 saturated carbocycles. The number of aliphatic hydroxyl groups is 1. The summed E-state index contributed by atoms with van der Waals surface area (Å²) in [6, 6.07) is 0. The Hall–Kier alpha value is -1.63. The molecule has 0 radical (unpaired) electrons. The summed E-state index contributed by atoms with van der Waals surface area (Å²) in [5.74, 6) is 0.161. The number of carbonyl (C=O) groups is 3. The molecule has 0 aromatic rings. The van der Waals surface area contributed by atoms with Gasteiger partial charge < -0.3 is 21.1 Å². The average molecular weight is 540 g/mol. The lowest BCUT2D eigenvalue weighted by atomic mass is 9.90. The molecule has 0 heterocycles. The number of rotatable bonds is 23. The van der Waals surface area contributed by atoms with Crippen LogP contribution in [0.1, 0.15) is 132 Å². The highest BCUT2D eigenvalue weighted by atomic mass is 16.3. The number of amides is 3. The number of carbonyl (C=O) groups excluding carboxylic acids is 3. The zero-order valence-electron chi connectivity index (χ0n) is 25.8. The molecule has 5 unspecified atom stereocenters. The van der Waals surface area contributed by atoms with E-state index in [0.29, 0.717) is 43.3 Å². The Morgan fingerprint density at radius 2 is 1.08 bits per heavy atom. The maximum Gasteiger partial charge on any atom is 0.253 e. The second-order valence-corrected chi connectivity index (χ2v) is 11.6. The largest absolute Gasteiger partial charge is 0.379 e. The van der Waals surface area contributed by atoms with E-state index in [1.807, 2.05) is 0 Å². The maximum atomic E-state index is 13.2. The van der Waals surface area contributed by atoms with Crippen molar-refractivity contribution < 1.29 is 19.5 Å². The van der Waals surface area contributed by atoms with Crippen LogP contribution >= 0.6 is 0 Å². The Bertz CT molecular complexity index is 657. The van der Waals surface area contributed by atoms with Crippen molar-refractivity contribution in [1.82, 2.24) is 16.0 Å². The monoisotopic (exact) mass is 539 g/mol. The van der Waals surface area contributed by atoms with Crippen LogP contribution in [-0.4, -0.2) is 48.1 Å². The summed E-state index contributed by atoms with van der Waals surface area (Å²) in [7, 11) is 0.